The molecule has 2 aliphatic heterocycles. The summed E-state index contributed by atoms with van der Waals surface area (Å²) in [7, 11) is 0. The van der Waals surface area contributed by atoms with Gasteiger partial charge in [-0.2, -0.15) is 0 Å². The third-order valence-corrected chi connectivity index (χ3v) is 5.05. The van der Waals surface area contributed by atoms with Crippen LogP contribution in [0.25, 0.3) is 0 Å². The molecule has 2 fully saturated rings. The van der Waals surface area contributed by atoms with Crippen molar-refractivity contribution in [3.63, 3.8) is 0 Å². The van der Waals surface area contributed by atoms with Gasteiger partial charge >= 0.3 is 0 Å². The van der Waals surface area contributed by atoms with Gasteiger partial charge in [-0.15, -0.1) is 0 Å². The molecule has 4 heterocycles. The number of anilines is 1. The van der Waals surface area contributed by atoms with E-state index in [1.807, 2.05) is 12.1 Å². The van der Waals surface area contributed by atoms with E-state index >= 15 is 0 Å². The van der Waals surface area contributed by atoms with Crippen LogP contribution in [0.3, 0.4) is 0 Å². The molecule has 154 valence electrons. The third-order valence-electron chi connectivity index (χ3n) is 5.05. The van der Waals surface area contributed by atoms with Crippen molar-refractivity contribution in [1.82, 2.24) is 15.3 Å². The number of hydrogen-bond acceptors (Lipinski definition) is 7. The van der Waals surface area contributed by atoms with Crippen molar-refractivity contribution in [3.05, 3.63) is 47.8 Å². The fourth-order valence-electron chi connectivity index (χ4n) is 3.37. The highest BCUT2D eigenvalue weighted by atomic mass is 16.5. The molecule has 2 aromatic rings. The van der Waals surface area contributed by atoms with Gasteiger partial charge in [0.25, 0.3) is 5.91 Å². The Bertz CT molecular complexity index is 803. The van der Waals surface area contributed by atoms with Gasteiger partial charge in [-0.1, -0.05) is 0 Å². The molecule has 0 unspecified atom stereocenters. The fourth-order valence-corrected chi connectivity index (χ4v) is 3.37. The number of amides is 1. The van der Waals surface area contributed by atoms with Gasteiger partial charge in [-0.05, 0) is 23.8 Å². The Morgan fingerprint density at radius 3 is 2.66 bits per heavy atom. The number of ether oxygens (including phenoxy) is 3. The number of hydrogen-bond donors (Lipinski definition) is 1. The number of morpholine rings is 1. The van der Waals surface area contributed by atoms with Crippen LogP contribution in [0.1, 0.15) is 28.8 Å². The molecular weight excluding hydrogens is 372 g/mol. The molecular formula is C21H26N4O4. The smallest absolute Gasteiger partial charge is 0.253 e. The number of pyridine rings is 2. The summed E-state index contributed by atoms with van der Waals surface area (Å²) in [6, 6.07) is 7.40. The zero-order chi connectivity index (χ0) is 19.9. The summed E-state index contributed by atoms with van der Waals surface area (Å²) in [5, 5.41) is 2.94. The van der Waals surface area contributed by atoms with Gasteiger partial charge in [0.15, 0.2) is 0 Å². The molecule has 29 heavy (non-hydrogen) atoms. The van der Waals surface area contributed by atoms with Crippen LogP contribution in [-0.4, -0.2) is 61.5 Å². The minimum atomic E-state index is -0.167. The molecule has 2 aliphatic rings. The van der Waals surface area contributed by atoms with Crippen molar-refractivity contribution in [1.29, 1.82) is 0 Å². The van der Waals surface area contributed by atoms with E-state index in [0.29, 0.717) is 44.4 Å². The van der Waals surface area contributed by atoms with E-state index in [2.05, 4.69) is 20.2 Å². The number of nitrogens with one attached hydrogen (secondary N) is 1. The van der Waals surface area contributed by atoms with Gasteiger partial charge in [-0.25, -0.2) is 9.97 Å². The van der Waals surface area contributed by atoms with E-state index in [1.54, 1.807) is 24.5 Å². The van der Waals surface area contributed by atoms with Gasteiger partial charge in [0.2, 0.25) is 5.88 Å². The lowest BCUT2D eigenvalue weighted by atomic mass is 10.1. The zero-order valence-corrected chi connectivity index (χ0v) is 16.4. The molecule has 1 N–H and O–H groups in total. The van der Waals surface area contributed by atoms with Crippen LogP contribution in [0.15, 0.2) is 36.7 Å². The summed E-state index contributed by atoms with van der Waals surface area (Å²) in [4.78, 5) is 23.3. The Kier molecular flexibility index (Phi) is 6.53. The molecule has 8 heteroatoms. The minimum absolute atomic E-state index is 0.128. The van der Waals surface area contributed by atoms with E-state index in [9.17, 15) is 4.79 Å². The molecule has 0 saturated carbocycles. The molecule has 8 nitrogen and oxygen atoms in total. The van der Waals surface area contributed by atoms with Gasteiger partial charge in [0.05, 0.1) is 32.0 Å². The van der Waals surface area contributed by atoms with Gasteiger partial charge in [0, 0.05) is 50.9 Å². The van der Waals surface area contributed by atoms with E-state index in [4.69, 9.17) is 14.2 Å². The molecule has 0 atom stereocenters. The standard InChI is InChI=1S/C21H26N4O4/c26-21(17-1-2-20(23-15-17)29-18-4-9-27-10-5-18)24-14-16-3-6-22-19(13-16)25-7-11-28-12-8-25/h1-3,6,13,15,18H,4-5,7-12,14H2,(H,24,26). The van der Waals surface area contributed by atoms with Gasteiger partial charge in [-0.3, -0.25) is 4.79 Å². The Morgan fingerprint density at radius 1 is 1.10 bits per heavy atom. The third kappa shape index (κ3) is 5.42. The maximum Gasteiger partial charge on any atom is 0.253 e. The van der Waals surface area contributed by atoms with E-state index in [0.717, 1.165) is 37.3 Å². The zero-order valence-electron chi connectivity index (χ0n) is 16.4. The number of carbonyl (C=O) groups is 1. The normalized spacial score (nSPS) is 17.7. The van der Waals surface area contributed by atoms with Crippen LogP contribution in [0, 0.1) is 0 Å². The Hall–Kier alpha value is -2.71. The summed E-state index contributed by atoms with van der Waals surface area (Å²) >= 11 is 0. The van der Waals surface area contributed by atoms with Crippen molar-refractivity contribution in [3.8, 4) is 5.88 Å². The van der Waals surface area contributed by atoms with Crippen LogP contribution in [0.2, 0.25) is 0 Å². The van der Waals surface area contributed by atoms with E-state index in [1.165, 1.54) is 0 Å². The molecule has 0 aliphatic carbocycles. The Labute approximate surface area is 170 Å². The molecule has 2 aromatic heterocycles. The second-order valence-electron chi connectivity index (χ2n) is 7.12. The monoisotopic (exact) mass is 398 g/mol. The van der Waals surface area contributed by atoms with Crippen molar-refractivity contribution in [2.75, 3.05) is 44.4 Å². The highest BCUT2D eigenvalue weighted by Gasteiger charge is 2.16. The first-order valence-electron chi connectivity index (χ1n) is 10.0. The van der Waals surface area contributed by atoms with E-state index < -0.39 is 0 Å². The van der Waals surface area contributed by atoms with Gasteiger partial charge < -0.3 is 24.4 Å². The van der Waals surface area contributed by atoms with Crippen molar-refractivity contribution in [2.45, 2.75) is 25.5 Å². The first kappa shape index (κ1) is 19.6. The number of carbonyl (C=O) groups excluding carboxylic acids is 1. The summed E-state index contributed by atoms with van der Waals surface area (Å²) in [5.74, 6) is 1.29. The number of rotatable bonds is 6. The topological polar surface area (TPSA) is 85.8 Å². The van der Waals surface area contributed by atoms with Crippen molar-refractivity contribution in [2.24, 2.45) is 0 Å². The van der Waals surface area contributed by atoms with E-state index in [-0.39, 0.29) is 12.0 Å². The maximum atomic E-state index is 12.5. The largest absolute Gasteiger partial charge is 0.474 e. The summed E-state index contributed by atoms with van der Waals surface area (Å²) in [6.07, 6.45) is 5.18. The second-order valence-corrected chi connectivity index (χ2v) is 7.12. The van der Waals surface area contributed by atoms with Crippen LogP contribution in [-0.2, 0) is 16.0 Å². The number of aromatic nitrogens is 2. The highest BCUT2D eigenvalue weighted by molar-refractivity contribution is 5.93. The molecule has 0 radical (unpaired) electrons. The molecule has 0 aromatic carbocycles. The first-order chi connectivity index (χ1) is 14.3. The molecule has 1 amide bonds. The average molecular weight is 398 g/mol. The SMILES string of the molecule is O=C(NCc1ccnc(N2CCOCC2)c1)c1ccc(OC2CCOCC2)nc1. The minimum Gasteiger partial charge on any atom is -0.474 e. The van der Waals surface area contributed by atoms with Crippen LogP contribution in [0.4, 0.5) is 5.82 Å². The number of nitrogens with zero attached hydrogens (tertiary/aromatic N) is 3. The first-order valence-corrected chi connectivity index (χ1v) is 10.0. The molecule has 0 bridgehead atoms. The van der Waals surface area contributed by atoms with Crippen LogP contribution < -0.4 is 15.0 Å². The van der Waals surface area contributed by atoms with Crippen molar-refractivity contribution >= 4 is 11.7 Å². The quantitative estimate of drug-likeness (QED) is 0.794. The van der Waals surface area contributed by atoms with Crippen LogP contribution >= 0.6 is 0 Å². The predicted octanol–water partition coefficient (Wildman–Crippen LogP) is 1.80. The fraction of sp³-hybridized carbons (Fsp3) is 0.476. The van der Waals surface area contributed by atoms with Crippen LogP contribution in [0.5, 0.6) is 5.88 Å². The summed E-state index contributed by atoms with van der Waals surface area (Å²) in [6.45, 7) is 4.95. The molecule has 4 rings (SSSR count). The summed E-state index contributed by atoms with van der Waals surface area (Å²) < 4.78 is 16.6. The lowest BCUT2D eigenvalue weighted by Gasteiger charge is -2.28. The highest BCUT2D eigenvalue weighted by Crippen LogP contribution is 2.17. The Balaban J connectivity index is 1.30. The summed E-state index contributed by atoms with van der Waals surface area (Å²) in [5.41, 5.74) is 1.51. The lowest BCUT2D eigenvalue weighted by molar-refractivity contribution is 0.0237. The molecule has 2 saturated heterocycles. The maximum absolute atomic E-state index is 12.5. The second kappa shape index (κ2) is 9.67. The predicted molar refractivity (Wildman–Crippen MR) is 107 cm³/mol. The lowest BCUT2D eigenvalue weighted by Crippen LogP contribution is -2.36. The average Bonchev–Trinajstić information content (AvgIpc) is 2.79. The van der Waals surface area contributed by atoms with Gasteiger partial charge in [0.1, 0.15) is 11.9 Å². The Morgan fingerprint density at radius 2 is 1.90 bits per heavy atom. The van der Waals surface area contributed by atoms with Crippen molar-refractivity contribution < 1.29 is 19.0 Å². The molecule has 0 spiro atoms.